The minimum absolute atomic E-state index is 0.00398. The summed E-state index contributed by atoms with van der Waals surface area (Å²) in [6.07, 6.45) is 3.50. The largest absolute Gasteiger partial charge is 0.461 e. The highest BCUT2D eigenvalue weighted by molar-refractivity contribution is 5.99. The van der Waals surface area contributed by atoms with E-state index in [1.165, 1.54) is 11.0 Å². The van der Waals surface area contributed by atoms with Gasteiger partial charge in [0.05, 0.1) is 29.7 Å². The number of rotatable bonds is 11. The SMILES string of the molecule is C=CCOC(=O)[C@H]1[C@H]2C(=O)N([C@@H](CO)C(C)C)C(C(=O)N(CC=C)Cn3nnc4ccccc43)C23CC(C)[C@]1(C)O3. The van der Waals surface area contributed by atoms with Crippen LogP contribution in [0.25, 0.3) is 11.0 Å². The van der Waals surface area contributed by atoms with Crippen LogP contribution >= 0.6 is 0 Å². The van der Waals surface area contributed by atoms with E-state index in [1.54, 1.807) is 15.7 Å². The first-order chi connectivity index (χ1) is 19.5. The average Bonchev–Trinajstić information content (AvgIpc) is 3.61. The van der Waals surface area contributed by atoms with Crippen molar-refractivity contribution in [2.75, 3.05) is 19.8 Å². The van der Waals surface area contributed by atoms with E-state index in [2.05, 4.69) is 23.5 Å². The van der Waals surface area contributed by atoms with Gasteiger partial charge < -0.3 is 24.4 Å². The maximum Gasteiger partial charge on any atom is 0.313 e. The Hall–Kier alpha value is -3.57. The predicted molar refractivity (Wildman–Crippen MR) is 150 cm³/mol. The van der Waals surface area contributed by atoms with Crippen molar-refractivity contribution in [1.82, 2.24) is 24.8 Å². The second-order valence-electron chi connectivity index (χ2n) is 11.9. The fourth-order valence-corrected chi connectivity index (χ4v) is 7.25. The van der Waals surface area contributed by atoms with E-state index < -0.39 is 41.1 Å². The fraction of sp³-hybridized carbons (Fsp3) is 0.567. The van der Waals surface area contributed by atoms with Crippen LogP contribution in [0, 0.1) is 23.7 Å². The quantitative estimate of drug-likeness (QED) is 0.325. The molecule has 1 N–H and O–H groups in total. The van der Waals surface area contributed by atoms with Crippen LogP contribution in [0.1, 0.15) is 34.1 Å². The number of carbonyl (C=O) groups excluding carboxylic acids is 3. The first kappa shape index (κ1) is 28.9. The van der Waals surface area contributed by atoms with Gasteiger partial charge in [-0.25, -0.2) is 4.68 Å². The number of esters is 1. The Labute approximate surface area is 239 Å². The van der Waals surface area contributed by atoms with Crippen molar-refractivity contribution >= 4 is 28.8 Å². The lowest BCUT2D eigenvalue weighted by molar-refractivity contribution is -0.164. The van der Waals surface area contributed by atoms with Gasteiger partial charge in [-0.1, -0.05) is 56.8 Å². The molecular weight excluding hydrogens is 526 g/mol. The van der Waals surface area contributed by atoms with Crippen LogP contribution in [0.3, 0.4) is 0 Å². The van der Waals surface area contributed by atoms with Crippen molar-refractivity contribution in [3.05, 3.63) is 49.6 Å². The molecule has 7 atom stereocenters. The molecule has 220 valence electrons. The summed E-state index contributed by atoms with van der Waals surface area (Å²) in [7, 11) is 0. The molecule has 1 aromatic heterocycles. The molecule has 3 fully saturated rings. The molecule has 1 aromatic carbocycles. The van der Waals surface area contributed by atoms with Crippen molar-refractivity contribution in [1.29, 1.82) is 0 Å². The first-order valence-corrected chi connectivity index (χ1v) is 14.1. The Morgan fingerprint density at radius 1 is 1.29 bits per heavy atom. The number of benzene rings is 1. The number of ether oxygens (including phenoxy) is 2. The number of aliphatic hydroxyl groups excluding tert-OH is 1. The maximum absolute atomic E-state index is 14.7. The van der Waals surface area contributed by atoms with Gasteiger partial charge in [0.15, 0.2) is 0 Å². The molecule has 41 heavy (non-hydrogen) atoms. The van der Waals surface area contributed by atoms with Crippen molar-refractivity contribution in [2.24, 2.45) is 23.7 Å². The summed E-state index contributed by atoms with van der Waals surface area (Å²) in [5.74, 6) is -3.43. The van der Waals surface area contributed by atoms with Crippen molar-refractivity contribution in [3.63, 3.8) is 0 Å². The fourth-order valence-electron chi connectivity index (χ4n) is 7.25. The van der Waals surface area contributed by atoms with Gasteiger partial charge in [-0.05, 0) is 37.3 Å². The number of carbonyl (C=O) groups is 3. The van der Waals surface area contributed by atoms with Crippen LogP contribution in [-0.4, -0.2) is 90.7 Å². The number of aromatic nitrogens is 3. The van der Waals surface area contributed by atoms with E-state index in [0.717, 1.165) is 5.52 Å². The van der Waals surface area contributed by atoms with Crippen molar-refractivity contribution in [2.45, 2.75) is 64.1 Å². The summed E-state index contributed by atoms with van der Waals surface area (Å²) in [5.41, 5.74) is -0.826. The molecule has 11 heteroatoms. The topological polar surface area (TPSA) is 127 Å². The number of nitrogens with zero attached hydrogens (tertiary/aromatic N) is 5. The highest BCUT2D eigenvalue weighted by Crippen LogP contribution is 2.65. The third-order valence-corrected chi connectivity index (χ3v) is 9.28. The molecule has 2 bridgehead atoms. The lowest BCUT2D eigenvalue weighted by atomic mass is 9.62. The molecule has 3 saturated heterocycles. The third kappa shape index (κ3) is 4.28. The number of aliphatic hydroxyl groups is 1. The van der Waals surface area contributed by atoms with E-state index in [1.807, 2.05) is 52.0 Å². The zero-order chi connectivity index (χ0) is 29.7. The Morgan fingerprint density at radius 2 is 2.02 bits per heavy atom. The van der Waals surface area contributed by atoms with Crippen LogP contribution in [-0.2, 0) is 30.5 Å². The number of amides is 2. The van der Waals surface area contributed by atoms with Gasteiger partial charge >= 0.3 is 5.97 Å². The van der Waals surface area contributed by atoms with Gasteiger partial charge in [-0.15, -0.1) is 11.7 Å². The lowest BCUT2D eigenvalue weighted by Gasteiger charge is -2.40. The summed E-state index contributed by atoms with van der Waals surface area (Å²) in [6, 6.07) is 5.71. The molecule has 0 saturated carbocycles. The van der Waals surface area contributed by atoms with E-state index in [9.17, 15) is 19.5 Å². The Bertz CT molecular complexity index is 1370. The predicted octanol–water partition coefficient (Wildman–Crippen LogP) is 2.16. The van der Waals surface area contributed by atoms with Crippen LogP contribution in [0.15, 0.2) is 49.6 Å². The van der Waals surface area contributed by atoms with E-state index in [4.69, 9.17) is 9.47 Å². The van der Waals surface area contributed by atoms with Crippen LogP contribution in [0.5, 0.6) is 0 Å². The number of hydrogen-bond donors (Lipinski definition) is 1. The second kappa shape index (κ2) is 10.7. The molecular formula is C30H39N5O6. The zero-order valence-corrected chi connectivity index (χ0v) is 24.1. The van der Waals surface area contributed by atoms with Crippen molar-refractivity contribution in [3.8, 4) is 0 Å². The molecule has 3 aliphatic rings. The Balaban J connectivity index is 1.61. The molecule has 0 aliphatic carbocycles. The number of hydrogen-bond acceptors (Lipinski definition) is 8. The molecule has 3 aliphatic heterocycles. The average molecular weight is 566 g/mol. The monoisotopic (exact) mass is 565 g/mol. The Kier molecular flexibility index (Phi) is 7.54. The Morgan fingerprint density at radius 3 is 2.68 bits per heavy atom. The summed E-state index contributed by atoms with van der Waals surface area (Å²) < 4.78 is 13.9. The molecule has 4 heterocycles. The molecule has 0 radical (unpaired) electrons. The number of likely N-dealkylation sites (tertiary alicyclic amines) is 1. The number of para-hydroxylation sites is 1. The van der Waals surface area contributed by atoms with Crippen molar-refractivity contribution < 1.29 is 29.0 Å². The van der Waals surface area contributed by atoms with Gasteiger partial charge in [0, 0.05) is 6.54 Å². The summed E-state index contributed by atoms with van der Waals surface area (Å²) in [5, 5.41) is 18.9. The zero-order valence-electron chi connectivity index (χ0n) is 24.1. The molecule has 11 nitrogen and oxygen atoms in total. The lowest BCUT2D eigenvalue weighted by Crippen LogP contribution is -2.60. The highest BCUT2D eigenvalue weighted by atomic mass is 16.6. The van der Waals surface area contributed by atoms with Crippen LogP contribution < -0.4 is 0 Å². The van der Waals surface area contributed by atoms with Crippen LogP contribution in [0.2, 0.25) is 0 Å². The second-order valence-corrected chi connectivity index (χ2v) is 11.9. The van der Waals surface area contributed by atoms with Gasteiger partial charge in [-0.2, -0.15) is 0 Å². The van der Waals surface area contributed by atoms with Gasteiger partial charge in [0.2, 0.25) is 11.8 Å². The van der Waals surface area contributed by atoms with Gasteiger partial charge in [0.25, 0.3) is 0 Å². The molecule has 2 amide bonds. The van der Waals surface area contributed by atoms with E-state index in [0.29, 0.717) is 11.9 Å². The standard InChI is InChI=1S/C30H39N5O6/c1-7-13-33(17-34-21-12-10-9-11-20(21)31-32-34)27(38)25-30-15-19(5)29(6,41-30)24(28(39)40-14-8-2)23(30)26(37)35(25)22(16-36)18(3)4/h7-12,18-19,22-25,36H,1-2,13-17H2,3-6H3/t19?,22-,23-,24+,25?,29-,30?/m0/s1. The van der Waals surface area contributed by atoms with E-state index >= 15 is 0 Å². The molecule has 2 aromatic rings. The van der Waals surface area contributed by atoms with Gasteiger partial charge in [-0.3, -0.25) is 14.4 Å². The van der Waals surface area contributed by atoms with E-state index in [-0.39, 0.29) is 50.1 Å². The summed E-state index contributed by atoms with van der Waals surface area (Å²) in [6.45, 7) is 15.0. The minimum atomic E-state index is -1.27. The summed E-state index contributed by atoms with van der Waals surface area (Å²) in [4.78, 5) is 45.6. The molecule has 1 spiro atoms. The molecule has 3 unspecified atom stereocenters. The molecule has 5 rings (SSSR count). The first-order valence-electron chi connectivity index (χ1n) is 14.1. The normalized spacial score (nSPS) is 31.0. The maximum atomic E-state index is 14.7. The summed E-state index contributed by atoms with van der Waals surface area (Å²) >= 11 is 0. The smallest absolute Gasteiger partial charge is 0.313 e. The third-order valence-electron chi connectivity index (χ3n) is 9.28. The number of fused-ring (bicyclic) bond motifs is 2. The highest BCUT2D eigenvalue weighted by Gasteiger charge is 2.80. The minimum Gasteiger partial charge on any atom is -0.461 e. The van der Waals surface area contributed by atoms with Crippen LogP contribution in [0.4, 0.5) is 0 Å². The van der Waals surface area contributed by atoms with Gasteiger partial charge in [0.1, 0.15) is 36.4 Å².